The Kier molecular flexibility index (Phi) is 4.80. The Hall–Kier alpha value is -1.55. The van der Waals surface area contributed by atoms with Crippen molar-refractivity contribution >= 4 is 11.6 Å². The van der Waals surface area contributed by atoms with Gasteiger partial charge >= 0.3 is 0 Å². The SMILES string of the molecule is COc1ccc(NC(=O)CC2CCC(N)CC2)cc1. The van der Waals surface area contributed by atoms with Gasteiger partial charge in [0.25, 0.3) is 0 Å². The van der Waals surface area contributed by atoms with Gasteiger partial charge in [-0.15, -0.1) is 0 Å². The van der Waals surface area contributed by atoms with Crippen LogP contribution in [0.5, 0.6) is 5.75 Å². The minimum atomic E-state index is 0.0886. The van der Waals surface area contributed by atoms with Crippen LogP contribution < -0.4 is 15.8 Å². The van der Waals surface area contributed by atoms with Crippen molar-refractivity contribution in [3.63, 3.8) is 0 Å². The van der Waals surface area contributed by atoms with Gasteiger partial charge in [-0.2, -0.15) is 0 Å². The zero-order valence-electron chi connectivity index (χ0n) is 11.4. The molecule has 19 heavy (non-hydrogen) atoms. The van der Waals surface area contributed by atoms with E-state index in [0.29, 0.717) is 18.4 Å². The summed E-state index contributed by atoms with van der Waals surface area (Å²) in [5, 5.41) is 2.93. The molecule has 0 aliphatic heterocycles. The zero-order valence-corrected chi connectivity index (χ0v) is 11.4. The Morgan fingerprint density at radius 3 is 2.47 bits per heavy atom. The summed E-state index contributed by atoms with van der Waals surface area (Å²) in [5.74, 6) is 1.36. The van der Waals surface area contributed by atoms with E-state index in [1.165, 1.54) is 0 Å². The molecule has 104 valence electrons. The van der Waals surface area contributed by atoms with Crippen molar-refractivity contribution in [3.8, 4) is 5.75 Å². The number of ether oxygens (including phenoxy) is 1. The topological polar surface area (TPSA) is 64.3 Å². The lowest BCUT2D eigenvalue weighted by molar-refractivity contribution is -0.117. The van der Waals surface area contributed by atoms with Crippen molar-refractivity contribution < 1.29 is 9.53 Å². The fourth-order valence-corrected chi connectivity index (χ4v) is 2.54. The van der Waals surface area contributed by atoms with E-state index < -0.39 is 0 Å². The van der Waals surface area contributed by atoms with Crippen LogP contribution in [-0.2, 0) is 4.79 Å². The molecule has 2 rings (SSSR count). The van der Waals surface area contributed by atoms with Gasteiger partial charge in [-0.25, -0.2) is 0 Å². The van der Waals surface area contributed by atoms with Crippen LogP contribution in [0.1, 0.15) is 32.1 Å². The molecule has 0 saturated heterocycles. The minimum absolute atomic E-state index is 0.0886. The molecule has 3 N–H and O–H groups in total. The molecule has 1 amide bonds. The number of hydrogen-bond acceptors (Lipinski definition) is 3. The van der Waals surface area contributed by atoms with E-state index in [2.05, 4.69) is 5.32 Å². The number of benzene rings is 1. The molecular formula is C15H22N2O2. The molecule has 1 aromatic carbocycles. The molecule has 1 fully saturated rings. The van der Waals surface area contributed by atoms with Crippen LogP contribution in [0.15, 0.2) is 24.3 Å². The number of methoxy groups -OCH3 is 1. The van der Waals surface area contributed by atoms with E-state index in [9.17, 15) is 4.79 Å². The molecule has 1 aliphatic rings. The van der Waals surface area contributed by atoms with Gasteiger partial charge in [0.05, 0.1) is 7.11 Å². The van der Waals surface area contributed by atoms with Gasteiger partial charge in [0.2, 0.25) is 5.91 Å². The van der Waals surface area contributed by atoms with Crippen molar-refractivity contribution in [2.45, 2.75) is 38.1 Å². The molecule has 4 nitrogen and oxygen atoms in total. The molecule has 0 atom stereocenters. The average molecular weight is 262 g/mol. The zero-order chi connectivity index (χ0) is 13.7. The fraction of sp³-hybridized carbons (Fsp3) is 0.533. The van der Waals surface area contributed by atoms with Gasteiger partial charge in [-0.05, 0) is 55.9 Å². The smallest absolute Gasteiger partial charge is 0.224 e. The minimum Gasteiger partial charge on any atom is -0.497 e. The van der Waals surface area contributed by atoms with Gasteiger partial charge in [-0.3, -0.25) is 4.79 Å². The third-order valence-electron chi connectivity index (χ3n) is 3.74. The first-order chi connectivity index (χ1) is 9.17. The quantitative estimate of drug-likeness (QED) is 0.876. The van der Waals surface area contributed by atoms with Crippen LogP contribution in [0, 0.1) is 5.92 Å². The van der Waals surface area contributed by atoms with E-state index >= 15 is 0 Å². The van der Waals surface area contributed by atoms with Crippen LogP contribution in [0.25, 0.3) is 0 Å². The molecule has 0 unspecified atom stereocenters. The molecule has 0 radical (unpaired) electrons. The number of carbonyl (C=O) groups excluding carboxylic acids is 1. The first-order valence-corrected chi connectivity index (χ1v) is 6.87. The first kappa shape index (κ1) is 13.9. The van der Waals surface area contributed by atoms with Gasteiger partial charge in [0.1, 0.15) is 5.75 Å². The van der Waals surface area contributed by atoms with Crippen molar-refractivity contribution in [3.05, 3.63) is 24.3 Å². The standard InChI is InChI=1S/C15H22N2O2/c1-19-14-8-6-13(7-9-14)17-15(18)10-11-2-4-12(16)5-3-11/h6-9,11-12H,2-5,10,16H2,1H3,(H,17,18). The third kappa shape index (κ3) is 4.24. The molecule has 0 bridgehead atoms. The van der Waals surface area contributed by atoms with Crippen LogP contribution in [0.4, 0.5) is 5.69 Å². The number of hydrogen-bond donors (Lipinski definition) is 2. The molecule has 0 heterocycles. The van der Waals surface area contributed by atoms with E-state index in [1.807, 2.05) is 24.3 Å². The number of nitrogens with one attached hydrogen (secondary N) is 1. The number of anilines is 1. The number of nitrogens with two attached hydrogens (primary N) is 1. The highest BCUT2D eigenvalue weighted by Crippen LogP contribution is 2.26. The number of rotatable bonds is 4. The second-order valence-electron chi connectivity index (χ2n) is 5.26. The van der Waals surface area contributed by atoms with E-state index in [1.54, 1.807) is 7.11 Å². The average Bonchev–Trinajstić information content (AvgIpc) is 2.42. The highest BCUT2D eigenvalue weighted by Gasteiger charge is 2.20. The first-order valence-electron chi connectivity index (χ1n) is 6.87. The predicted molar refractivity (Wildman–Crippen MR) is 76.2 cm³/mol. The highest BCUT2D eigenvalue weighted by atomic mass is 16.5. The Morgan fingerprint density at radius 2 is 1.89 bits per heavy atom. The molecule has 0 spiro atoms. The summed E-state index contributed by atoms with van der Waals surface area (Å²) in [6.45, 7) is 0. The third-order valence-corrected chi connectivity index (χ3v) is 3.74. The maximum Gasteiger partial charge on any atom is 0.224 e. The van der Waals surface area contributed by atoms with Crippen LogP contribution in [0.2, 0.25) is 0 Å². The van der Waals surface area contributed by atoms with Crippen molar-refractivity contribution in [2.24, 2.45) is 11.7 Å². The fourth-order valence-electron chi connectivity index (χ4n) is 2.54. The van der Waals surface area contributed by atoms with E-state index in [-0.39, 0.29) is 5.91 Å². The summed E-state index contributed by atoms with van der Waals surface area (Å²) >= 11 is 0. The van der Waals surface area contributed by atoms with Crippen molar-refractivity contribution in [2.75, 3.05) is 12.4 Å². The Balaban J connectivity index is 1.80. The summed E-state index contributed by atoms with van der Waals surface area (Å²) in [4.78, 5) is 11.9. The highest BCUT2D eigenvalue weighted by molar-refractivity contribution is 5.90. The van der Waals surface area contributed by atoms with Crippen LogP contribution in [-0.4, -0.2) is 19.1 Å². The van der Waals surface area contributed by atoms with Gasteiger partial charge in [0.15, 0.2) is 0 Å². The summed E-state index contributed by atoms with van der Waals surface area (Å²) in [6.07, 6.45) is 4.81. The normalized spacial score (nSPS) is 22.8. The van der Waals surface area contributed by atoms with Gasteiger partial charge in [0, 0.05) is 18.2 Å². The van der Waals surface area contributed by atoms with Crippen molar-refractivity contribution in [1.82, 2.24) is 0 Å². The molecule has 1 saturated carbocycles. The maximum absolute atomic E-state index is 11.9. The molecular weight excluding hydrogens is 240 g/mol. The van der Waals surface area contributed by atoms with E-state index in [4.69, 9.17) is 10.5 Å². The van der Waals surface area contributed by atoms with Crippen molar-refractivity contribution in [1.29, 1.82) is 0 Å². The monoisotopic (exact) mass is 262 g/mol. The summed E-state index contributed by atoms with van der Waals surface area (Å²) in [6, 6.07) is 7.73. The Bertz CT molecular complexity index is 409. The maximum atomic E-state index is 11.9. The lowest BCUT2D eigenvalue weighted by Crippen LogP contribution is -2.28. The largest absolute Gasteiger partial charge is 0.497 e. The van der Waals surface area contributed by atoms with E-state index in [0.717, 1.165) is 37.1 Å². The predicted octanol–water partition coefficient (Wildman–Crippen LogP) is 2.54. The van der Waals surface area contributed by atoms with Crippen LogP contribution in [0.3, 0.4) is 0 Å². The Labute approximate surface area is 114 Å². The lowest BCUT2D eigenvalue weighted by atomic mass is 9.84. The Morgan fingerprint density at radius 1 is 1.26 bits per heavy atom. The molecule has 0 aromatic heterocycles. The molecule has 1 aromatic rings. The lowest BCUT2D eigenvalue weighted by Gasteiger charge is -2.25. The summed E-state index contributed by atoms with van der Waals surface area (Å²) in [7, 11) is 1.63. The number of amides is 1. The van der Waals surface area contributed by atoms with Crippen LogP contribution >= 0.6 is 0 Å². The molecule has 1 aliphatic carbocycles. The molecule has 4 heteroatoms. The summed E-state index contributed by atoms with van der Waals surface area (Å²) < 4.78 is 5.08. The van der Waals surface area contributed by atoms with Gasteiger partial charge in [-0.1, -0.05) is 0 Å². The van der Waals surface area contributed by atoms with Gasteiger partial charge < -0.3 is 15.8 Å². The number of carbonyl (C=O) groups is 1. The second kappa shape index (κ2) is 6.57. The summed E-state index contributed by atoms with van der Waals surface area (Å²) in [5.41, 5.74) is 6.68. The second-order valence-corrected chi connectivity index (χ2v) is 5.26.